The first kappa shape index (κ1) is 13.1. The molecule has 0 amide bonds. The quantitative estimate of drug-likeness (QED) is 0.384. The van der Waals surface area contributed by atoms with Gasteiger partial charge in [-0.05, 0) is 16.7 Å². The van der Waals surface area contributed by atoms with E-state index in [0.29, 0.717) is 6.54 Å². The van der Waals surface area contributed by atoms with Crippen molar-refractivity contribution in [2.75, 3.05) is 0 Å². The number of nitrogens with two attached hydrogens (primary N) is 1. The molecule has 0 atom stereocenters. The topological polar surface area (TPSA) is 41.6 Å². The van der Waals surface area contributed by atoms with Crippen molar-refractivity contribution in [3.8, 4) is 11.1 Å². The summed E-state index contributed by atoms with van der Waals surface area (Å²) < 4.78 is 0. The molecule has 2 rings (SSSR count). The molecule has 0 radical (unpaired) electrons. The number of benzene rings is 2. The van der Waals surface area contributed by atoms with Gasteiger partial charge in [-0.3, -0.25) is 5.01 Å². The first-order valence-corrected chi connectivity index (χ1v) is 6.09. The van der Waals surface area contributed by atoms with Crippen LogP contribution in [0.2, 0.25) is 0 Å². The third kappa shape index (κ3) is 3.79. The van der Waals surface area contributed by atoms with Crippen LogP contribution in [0.5, 0.6) is 0 Å². The van der Waals surface area contributed by atoms with Crippen LogP contribution in [0, 0.1) is 0 Å². The van der Waals surface area contributed by atoms with Crippen molar-refractivity contribution in [1.82, 2.24) is 5.01 Å². The molecule has 3 heteroatoms. The molecule has 2 aromatic carbocycles. The molecule has 19 heavy (non-hydrogen) atoms. The standard InChI is InChI=1S/C16H17N3/c1-2-18-13-19(17)12-14-8-10-16(11-9-14)15-6-4-3-5-7-15/h2-11,13H,1,12,17H2/b18-13-. The minimum absolute atomic E-state index is 0.617. The zero-order chi connectivity index (χ0) is 13.5. The number of nitrogens with zero attached hydrogens (tertiary/aromatic N) is 2. The summed E-state index contributed by atoms with van der Waals surface area (Å²) in [6, 6.07) is 18.6. The molecule has 0 unspecified atom stereocenters. The van der Waals surface area contributed by atoms with Gasteiger partial charge in [-0.2, -0.15) is 0 Å². The lowest BCUT2D eigenvalue weighted by Gasteiger charge is -2.12. The minimum Gasteiger partial charge on any atom is -0.296 e. The molecule has 0 aliphatic rings. The van der Waals surface area contributed by atoms with E-state index >= 15 is 0 Å². The van der Waals surface area contributed by atoms with E-state index in [0.717, 1.165) is 5.56 Å². The number of aliphatic imine (C=N–C) groups is 1. The summed E-state index contributed by atoms with van der Waals surface area (Å²) in [6.45, 7) is 4.12. The largest absolute Gasteiger partial charge is 0.296 e. The van der Waals surface area contributed by atoms with Crippen LogP contribution >= 0.6 is 0 Å². The Kier molecular flexibility index (Phi) is 4.48. The molecule has 0 saturated carbocycles. The van der Waals surface area contributed by atoms with Crippen LogP contribution in [-0.2, 0) is 6.54 Å². The highest BCUT2D eigenvalue weighted by atomic mass is 15.4. The number of hydrazine groups is 1. The molecule has 0 heterocycles. The van der Waals surface area contributed by atoms with Crippen LogP contribution in [-0.4, -0.2) is 11.3 Å². The van der Waals surface area contributed by atoms with Gasteiger partial charge in [0.2, 0.25) is 0 Å². The van der Waals surface area contributed by atoms with E-state index in [4.69, 9.17) is 5.84 Å². The molecule has 0 aliphatic carbocycles. The van der Waals surface area contributed by atoms with Crippen LogP contribution in [0.15, 0.2) is 72.4 Å². The second kappa shape index (κ2) is 6.52. The third-order valence-corrected chi connectivity index (χ3v) is 2.75. The van der Waals surface area contributed by atoms with E-state index in [2.05, 4.69) is 48.0 Å². The first-order valence-electron chi connectivity index (χ1n) is 6.09. The van der Waals surface area contributed by atoms with Crippen LogP contribution in [0.25, 0.3) is 11.1 Å². The summed E-state index contributed by atoms with van der Waals surface area (Å²) in [5.74, 6) is 5.78. The fraction of sp³-hybridized carbons (Fsp3) is 0.0625. The Labute approximate surface area is 113 Å². The van der Waals surface area contributed by atoms with Crippen molar-refractivity contribution < 1.29 is 0 Å². The molecule has 0 bridgehead atoms. The van der Waals surface area contributed by atoms with Gasteiger partial charge in [0.25, 0.3) is 0 Å². The van der Waals surface area contributed by atoms with E-state index in [-0.39, 0.29) is 0 Å². The Morgan fingerprint density at radius 3 is 2.26 bits per heavy atom. The lowest BCUT2D eigenvalue weighted by Crippen LogP contribution is -2.28. The molecular weight excluding hydrogens is 234 g/mol. The van der Waals surface area contributed by atoms with E-state index in [1.54, 1.807) is 6.34 Å². The van der Waals surface area contributed by atoms with Crippen molar-refractivity contribution in [2.24, 2.45) is 10.8 Å². The Morgan fingerprint density at radius 2 is 1.63 bits per heavy atom. The van der Waals surface area contributed by atoms with Gasteiger partial charge < -0.3 is 0 Å². The highest BCUT2D eigenvalue weighted by Gasteiger charge is 1.99. The first-order chi connectivity index (χ1) is 9.29. The Morgan fingerprint density at radius 1 is 1.00 bits per heavy atom. The van der Waals surface area contributed by atoms with Crippen molar-refractivity contribution in [2.45, 2.75) is 6.54 Å². The SMILES string of the molecule is C=C/N=C\N(N)Cc1ccc(-c2ccccc2)cc1. The monoisotopic (exact) mass is 251 g/mol. The van der Waals surface area contributed by atoms with Crippen LogP contribution in [0.1, 0.15) is 5.56 Å². The van der Waals surface area contributed by atoms with Crippen molar-refractivity contribution in [3.05, 3.63) is 72.9 Å². The molecule has 2 N–H and O–H groups in total. The van der Waals surface area contributed by atoms with Gasteiger partial charge in [-0.15, -0.1) is 0 Å². The molecule has 0 saturated heterocycles. The van der Waals surface area contributed by atoms with Gasteiger partial charge in [-0.1, -0.05) is 61.2 Å². The zero-order valence-corrected chi connectivity index (χ0v) is 10.7. The number of rotatable bonds is 5. The number of hydrogen-bond acceptors (Lipinski definition) is 2. The summed E-state index contributed by atoms with van der Waals surface area (Å²) >= 11 is 0. The Balaban J connectivity index is 2.07. The Hall–Kier alpha value is -2.39. The average molecular weight is 251 g/mol. The van der Waals surface area contributed by atoms with Gasteiger partial charge in [0, 0.05) is 6.20 Å². The normalized spacial score (nSPS) is 10.6. The second-order valence-corrected chi connectivity index (χ2v) is 4.18. The highest BCUT2D eigenvalue weighted by Crippen LogP contribution is 2.19. The summed E-state index contributed by atoms with van der Waals surface area (Å²) in [5.41, 5.74) is 3.55. The molecule has 0 spiro atoms. The van der Waals surface area contributed by atoms with Crippen LogP contribution < -0.4 is 5.84 Å². The van der Waals surface area contributed by atoms with Crippen molar-refractivity contribution >= 4 is 6.34 Å². The zero-order valence-electron chi connectivity index (χ0n) is 10.7. The fourth-order valence-corrected chi connectivity index (χ4v) is 1.82. The van der Waals surface area contributed by atoms with Crippen LogP contribution in [0.3, 0.4) is 0 Å². The summed E-state index contributed by atoms with van der Waals surface area (Å²) in [5, 5.41) is 1.53. The van der Waals surface area contributed by atoms with E-state index in [9.17, 15) is 0 Å². The van der Waals surface area contributed by atoms with Gasteiger partial charge in [0.05, 0.1) is 6.54 Å². The van der Waals surface area contributed by atoms with Gasteiger partial charge >= 0.3 is 0 Å². The van der Waals surface area contributed by atoms with E-state index < -0.39 is 0 Å². The van der Waals surface area contributed by atoms with Crippen molar-refractivity contribution in [1.29, 1.82) is 0 Å². The molecule has 0 fully saturated rings. The molecule has 96 valence electrons. The van der Waals surface area contributed by atoms with Gasteiger partial charge in [-0.25, -0.2) is 10.8 Å². The van der Waals surface area contributed by atoms with Gasteiger partial charge in [0.1, 0.15) is 6.34 Å². The van der Waals surface area contributed by atoms with E-state index in [1.165, 1.54) is 22.3 Å². The predicted molar refractivity (Wildman–Crippen MR) is 80.3 cm³/mol. The highest BCUT2D eigenvalue weighted by molar-refractivity contribution is 5.63. The predicted octanol–water partition coefficient (Wildman–Crippen LogP) is 3.20. The lowest BCUT2D eigenvalue weighted by atomic mass is 10.0. The van der Waals surface area contributed by atoms with Crippen molar-refractivity contribution in [3.63, 3.8) is 0 Å². The molecule has 0 aromatic heterocycles. The smallest absolute Gasteiger partial charge is 0.105 e. The fourth-order valence-electron chi connectivity index (χ4n) is 1.82. The minimum atomic E-state index is 0.617. The molecule has 2 aromatic rings. The van der Waals surface area contributed by atoms with Gasteiger partial charge in [0.15, 0.2) is 0 Å². The molecule has 3 nitrogen and oxygen atoms in total. The maximum Gasteiger partial charge on any atom is 0.105 e. The Bertz CT molecular complexity index is 544. The summed E-state index contributed by atoms with van der Waals surface area (Å²) in [7, 11) is 0. The molecular formula is C16H17N3. The third-order valence-electron chi connectivity index (χ3n) is 2.75. The lowest BCUT2D eigenvalue weighted by molar-refractivity contribution is 0.448. The summed E-state index contributed by atoms with van der Waals surface area (Å²) in [6.07, 6.45) is 3.01. The maximum atomic E-state index is 5.78. The average Bonchev–Trinajstić information content (AvgIpc) is 2.47. The van der Waals surface area contributed by atoms with E-state index in [1.807, 2.05) is 18.2 Å². The van der Waals surface area contributed by atoms with Crippen LogP contribution in [0.4, 0.5) is 0 Å². The molecule has 0 aliphatic heterocycles. The summed E-state index contributed by atoms with van der Waals surface area (Å²) in [4.78, 5) is 3.87. The number of hydrogen-bond donors (Lipinski definition) is 1. The maximum absolute atomic E-state index is 5.78. The second-order valence-electron chi connectivity index (χ2n) is 4.18.